The fourth-order valence-electron chi connectivity index (χ4n) is 2.83. The Hall–Kier alpha value is -2.86. The summed E-state index contributed by atoms with van der Waals surface area (Å²) < 4.78 is 10.8. The molecule has 1 aliphatic heterocycles. The van der Waals surface area contributed by atoms with Crippen molar-refractivity contribution in [1.29, 1.82) is 0 Å². The minimum atomic E-state index is -0.233. The number of morpholine rings is 1. The van der Waals surface area contributed by atoms with Crippen LogP contribution in [0.3, 0.4) is 0 Å². The molecule has 1 heterocycles. The molecule has 142 valence electrons. The first-order valence-electron chi connectivity index (χ1n) is 9.01. The molecular weight excluding hydrogens is 344 g/mol. The molecule has 0 unspecified atom stereocenters. The van der Waals surface area contributed by atoms with Crippen LogP contribution in [0.15, 0.2) is 54.6 Å². The Labute approximate surface area is 159 Å². The molecule has 2 amide bonds. The lowest BCUT2D eigenvalue weighted by atomic mass is 10.1. The monoisotopic (exact) mass is 368 g/mol. The van der Waals surface area contributed by atoms with Gasteiger partial charge in [0.15, 0.2) is 6.61 Å². The zero-order valence-electron chi connectivity index (χ0n) is 15.5. The highest BCUT2D eigenvalue weighted by atomic mass is 16.5. The predicted octanol–water partition coefficient (Wildman–Crippen LogP) is 2.05. The van der Waals surface area contributed by atoms with Crippen LogP contribution in [-0.2, 0) is 14.3 Å². The second-order valence-electron chi connectivity index (χ2n) is 6.42. The molecule has 0 saturated carbocycles. The van der Waals surface area contributed by atoms with E-state index in [0.717, 1.165) is 11.1 Å². The lowest BCUT2D eigenvalue weighted by Gasteiger charge is -2.28. The lowest BCUT2D eigenvalue weighted by Crippen LogP contribution is -2.46. The van der Waals surface area contributed by atoms with Gasteiger partial charge in [-0.05, 0) is 23.3 Å². The van der Waals surface area contributed by atoms with Crippen molar-refractivity contribution in [3.05, 3.63) is 54.6 Å². The zero-order valence-corrected chi connectivity index (χ0v) is 15.5. The molecule has 2 aromatic carbocycles. The number of likely N-dealkylation sites (N-methyl/N-ethyl adjacent to an activating group) is 1. The van der Waals surface area contributed by atoms with Gasteiger partial charge in [-0.2, -0.15) is 0 Å². The molecule has 0 radical (unpaired) electrons. The lowest BCUT2D eigenvalue weighted by molar-refractivity contribution is -0.142. The second kappa shape index (κ2) is 9.19. The predicted molar refractivity (Wildman–Crippen MR) is 102 cm³/mol. The van der Waals surface area contributed by atoms with Crippen molar-refractivity contribution in [3.63, 3.8) is 0 Å². The van der Waals surface area contributed by atoms with Gasteiger partial charge in [0.05, 0.1) is 19.8 Å². The van der Waals surface area contributed by atoms with E-state index < -0.39 is 0 Å². The van der Waals surface area contributed by atoms with E-state index in [1.165, 1.54) is 4.90 Å². The third-order valence-corrected chi connectivity index (χ3v) is 4.49. The number of carbonyl (C=O) groups is 2. The van der Waals surface area contributed by atoms with Crippen LogP contribution in [0.4, 0.5) is 0 Å². The van der Waals surface area contributed by atoms with E-state index in [-0.39, 0.29) is 25.0 Å². The second-order valence-corrected chi connectivity index (χ2v) is 6.42. The number of nitrogens with zero attached hydrogens (tertiary/aromatic N) is 2. The van der Waals surface area contributed by atoms with Crippen molar-refractivity contribution in [2.24, 2.45) is 0 Å². The number of benzene rings is 2. The van der Waals surface area contributed by atoms with Crippen molar-refractivity contribution < 1.29 is 19.1 Å². The van der Waals surface area contributed by atoms with E-state index in [9.17, 15) is 9.59 Å². The van der Waals surface area contributed by atoms with Gasteiger partial charge in [-0.1, -0.05) is 42.5 Å². The maximum Gasteiger partial charge on any atom is 0.260 e. The third-order valence-electron chi connectivity index (χ3n) is 4.49. The highest BCUT2D eigenvalue weighted by Crippen LogP contribution is 2.22. The van der Waals surface area contributed by atoms with Crippen molar-refractivity contribution in [2.45, 2.75) is 0 Å². The standard InChI is InChI=1S/C21H24N2O4/c1-22(15-20(24)23-11-13-26-14-12-23)21(25)16-27-19-9-7-18(8-10-19)17-5-3-2-4-6-17/h2-10H,11-16H2,1H3. The Morgan fingerprint density at radius 2 is 1.63 bits per heavy atom. The number of rotatable bonds is 6. The molecule has 0 aliphatic carbocycles. The zero-order chi connectivity index (χ0) is 19.1. The normalized spacial score (nSPS) is 13.9. The average molecular weight is 368 g/mol. The van der Waals surface area contributed by atoms with Crippen LogP contribution in [0.5, 0.6) is 5.75 Å². The largest absolute Gasteiger partial charge is 0.484 e. The van der Waals surface area contributed by atoms with Crippen LogP contribution in [0.2, 0.25) is 0 Å². The summed E-state index contributed by atoms with van der Waals surface area (Å²) in [6.45, 7) is 2.19. The smallest absolute Gasteiger partial charge is 0.260 e. The van der Waals surface area contributed by atoms with Crippen LogP contribution in [0.25, 0.3) is 11.1 Å². The summed E-state index contributed by atoms with van der Waals surface area (Å²) in [5.74, 6) is 0.320. The highest BCUT2D eigenvalue weighted by Gasteiger charge is 2.20. The molecule has 6 nitrogen and oxygen atoms in total. The number of amides is 2. The molecule has 0 spiro atoms. The molecule has 27 heavy (non-hydrogen) atoms. The summed E-state index contributed by atoms with van der Waals surface area (Å²) >= 11 is 0. The molecule has 1 aliphatic rings. The van der Waals surface area contributed by atoms with Gasteiger partial charge in [0.1, 0.15) is 5.75 Å². The fraction of sp³-hybridized carbons (Fsp3) is 0.333. The van der Waals surface area contributed by atoms with E-state index in [1.54, 1.807) is 11.9 Å². The van der Waals surface area contributed by atoms with Crippen molar-refractivity contribution in [1.82, 2.24) is 9.80 Å². The van der Waals surface area contributed by atoms with Crippen LogP contribution in [-0.4, -0.2) is 68.1 Å². The first kappa shape index (κ1) is 18.9. The van der Waals surface area contributed by atoms with Gasteiger partial charge >= 0.3 is 0 Å². The van der Waals surface area contributed by atoms with E-state index in [1.807, 2.05) is 54.6 Å². The minimum absolute atomic E-state index is 0.0507. The van der Waals surface area contributed by atoms with Crippen molar-refractivity contribution in [2.75, 3.05) is 46.5 Å². The van der Waals surface area contributed by atoms with Crippen LogP contribution in [0, 0.1) is 0 Å². The summed E-state index contributed by atoms with van der Waals surface area (Å²) in [5.41, 5.74) is 2.21. The van der Waals surface area contributed by atoms with Gasteiger partial charge < -0.3 is 19.3 Å². The maximum atomic E-state index is 12.2. The molecule has 0 atom stereocenters. The minimum Gasteiger partial charge on any atom is -0.484 e. The molecule has 0 aromatic heterocycles. The summed E-state index contributed by atoms with van der Waals surface area (Å²) in [5, 5.41) is 0. The van der Waals surface area contributed by atoms with Crippen molar-refractivity contribution >= 4 is 11.8 Å². The number of ether oxygens (including phenoxy) is 2. The highest BCUT2D eigenvalue weighted by molar-refractivity contribution is 5.85. The molecule has 0 bridgehead atoms. The van der Waals surface area contributed by atoms with Gasteiger partial charge in [0.25, 0.3) is 5.91 Å². The number of carbonyl (C=O) groups excluding carboxylic acids is 2. The van der Waals surface area contributed by atoms with Gasteiger partial charge in [-0.25, -0.2) is 0 Å². The summed E-state index contributed by atoms with van der Waals surface area (Å²) in [7, 11) is 1.61. The summed E-state index contributed by atoms with van der Waals surface area (Å²) in [6, 6.07) is 17.6. The van der Waals surface area contributed by atoms with Crippen molar-refractivity contribution in [3.8, 4) is 16.9 Å². The molecule has 3 rings (SSSR count). The molecule has 1 fully saturated rings. The Bertz CT molecular complexity index is 756. The molecule has 2 aromatic rings. The Kier molecular flexibility index (Phi) is 6.44. The van der Waals surface area contributed by atoms with Crippen LogP contribution < -0.4 is 4.74 Å². The Morgan fingerprint density at radius 1 is 1.00 bits per heavy atom. The fourth-order valence-corrected chi connectivity index (χ4v) is 2.83. The molecule has 6 heteroatoms. The van der Waals surface area contributed by atoms with Gasteiger partial charge in [0, 0.05) is 20.1 Å². The van der Waals surface area contributed by atoms with Gasteiger partial charge in [0.2, 0.25) is 5.91 Å². The van der Waals surface area contributed by atoms with E-state index >= 15 is 0 Å². The molecular formula is C21H24N2O4. The van der Waals surface area contributed by atoms with Crippen LogP contribution >= 0.6 is 0 Å². The van der Waals surface area contributed by atoms with Gasteiger partial charge in [-0.3, -0.25) is 9.59 Å². The quantitative estimate of drug-likeness (QED) is 0.783. The first-order valence-corrected chi connectivity index (χ1v) is 9.01. The van der Waals surface area contributed by atoms with E-state index in [4.69, 9.17) is 9.47 Å². The molecule has 0 N–H and O–H groups in total. The average Bonchev–Trinajstić information content (AvgIpc) is 2.73. The topological polar surface area (TPSA) is 59.1 Å². The van der Waals surface area contributed by atoms with Crippen LogP contribution in [0.1, 0.15) is 0 Å². The number of hydrogen-bond acceptors (Lipinski definition) is 4. The molecule has 1 saturated heterocycles. The Morgan fingerprint density at radius 3 is 2.30 bits per heavy atom. The van der Waals surface area contributed by atoms with Gasteiger partial charge in [-0.15, -0.1) is 0 Å². The third kappa shape index (κ3) is 5.31. The Balaban J connectivity index is 1.47. The first-order chi connectivity index (χ1) is 13.1. The number of hydrogen-bond donors (Lipinski definition) is 0. The summed E-state index contributed by atoms with van der Waals surface area (Å²) in [6.07, 6.45) is 0. The SMILES string of the molecule is CN(CC(=O)N1CCOCC1)C(=O)COc1ccc(-c2ccccc2)cc1. The van der Waals surface area contributed by atoms with E-state index in [2.05, 4.69) is 0 Å². The maximum absolute atomic E-state index is 12.2. The van der Waals surface area contributed by atoms with E-state index in [0.29, 0.717) is 32.1 Å². The summed E-state index contributed by atoms with van der Waals surface area (Å²) in [4.78, 5) is 27.5.